The number of primary sulfonamides is 1. The summed E-state index contributed by atoms with van der Waals surface area (Å²) >= 11 is 0. The van der Waals surface area contributed by atoms with Crippen LogP contribution in [0.2, 0.25) is 0 Å². The van der Waals surface area contributed by atoms with Crippen LogP contribution in [-0.2, 0) is 27.0 Å². The molecule has 0 bridgehead atoms. The van der Waals surface area contributed by atoms with Crippen LogP contribution in [0.5, 0.6) is 0 Å². The van der Waals surface area contributed by atoms with E-state index >= 15 is 0 Å². The smallest absolute Gasteiger partial charge is 0.228 e. The molecule has 1 heterocycles. The van der Waals surface area contributed by atoms with Crippen molar-refractivity contribution in [3.05, 3.63) is 71.9 Å². The number of sulfonamides is 1. The molecule has 0 aliphatic carbocycles. The summed E-state index contributed by atoms with van der Waals surface area (Å²) in [6.07, 6.45) is 1.90. The Hall–Kier alpha value is -2.77. The fraction of sp³-hybridized carbons (Fsp3) is 0.111. The Morgan fingerprint density at radius 2 is 1.76 bits per heavy atom. The van der Waals surface area contributed by atoms with E-state index in [-0.39, 0.29) is 18.1 Å². The highest BCUT2D eigenvalue weighted by atomic mass is 32.2. The molecule has 3 aromatic rings. The zero-order valence-electron chi connectivity index (χ0n) is 13.3. The van der Waals surface area contributed by atoms with Gasteiger partial charge in [0.1, 0.15) is 0 Å². The number of para-hydroxylation sites is 1. The lowest BCUT2D eigenvalue weighted by atomic mass is 10.1. The third-order valence-corrected chi connectivity index (χ3v) is 4.41. The number of rotatable bonds is 5. The van der Waals surface area contributed by atoms with Crippen molar-refractivity contribution in [1.82, 2.24) is 4.98 Å². The predicted molar refractivity (Wildman–Crippen MR) is 97.3 cm³/mol. The molecule has 25 heavy (non-hydrogen) atoms. The molecule has 1 aromatic heterocycles. The fourth-order valence-corrected chi connectivity index (χ4v) is 3.26. The lowest BCUT2D eigenvalue weighted by Crippen LogP contribution is -2.16. The van der Waals surface area contributed by atoms with Gasteiger partial charge < -0.3 is 5.32 Å². The second-order valence-corrected chi connectivity index (χ2v) is 7.34. The van der Waals surface area contributed by atoms with Crippen molar-refractivity contribution in [1.29, 1.82) is 0 Å². The molecule has 0 fully saturated rings. The first kappa shape index (κ1) is 17.1. The molecule has 3 rings (SSSR count). The minimum absolute atomic E-state index is 0.169. The van der Waals surface area contributed by atoms with Crippen LogP contribution in [0.4, 0.5) is 5.69 Å². The van der Waals surface area contributed by atoms with Crippen LogP contribution in [0.3, 0.4) is 0 Å². The van der Waals surface area contributed by atoms with E-state index in [2.05, 4.69) is 10.3 Å². The van der Waals surface area contributed by atoms with Gasteiger partial charge in [0.15, 0.2) is 0 Å². The molecule has 128 valence electrons. The molecular formula is C18H17N3O3S. The number of nitrogens with one attached hydrogen (secondary N) is 1. The lowest BCUT2D eigenvalue weighted by Gasteiger charge is -2.08. The molecule has 0 radical (unpaired) electrons. The maximum Gasteiger partial charge on any atom is 0.228 e. The van der Waals surface area contributed by atoms with Gasteiger partial charge in [-0.2, -0.15) is 0 Å². The van der Waals surface area contributed by atoms with E-state index in [1.54, 1.807) is 30.5 Å². The van der Waals surface area contributed by atoms with Gasteiger partial charge in [0.2, 0.25) is 15.9 Å². The van der Waals surface area contributed by atoms with Gasteiger partial charge in [-0.3, -0.25) is 9.78 Å². The van der Waals surface area contributed by atoms with E-state index in [0.29, 0.717) is 11.3 Å². The van der Waals surface area contributed by atoms with Gasteiger partial charge in [-0.1, -0.05) is 36.4 Å². The number of nitrogens with zero attached hydrogens (tertiary/aromatic N) is 1. The molecule has 6 nitrogen and oxygen atoms in total. The van der Waals surface area contributed by atoms with Gasteiger partial charge in [-0.25, -0.2) is 13.6 Å². The van der Waals surface area contributed by atoms with Crippen molar-refractivity contribution in [2.45, 2.75) is 12.2 Å². The number of anilines is 1. The third-order valence-electron chi connectivity index (χ3n) is 3.67. The number of carbonyl (C=O) groups is 1. The van der Waals surface area contributed by atoms with Gasteiger partial charge in [0.05, 0.1) is 17.7 Å². The summed E-state index contributed by atoms with van der Waals surface area (Å²) in [7, 11) is -3.57. The highest BCUT2D eigenvalue weighted by Crippen LogP contribution is 2.17. The lowest BCUT2D eigenvalue weighted by molar-refractivity contribution is -0.115. The number of hydrogen-bond acceptors (Lipinski definition) is 4. The van der Waals surface area contributed by atoms with E-state index in [1.807, 2.05) is 30.3 Å². The highest BCUT2D eigenvalue weighted by molar-refractivity contribution is 7.88. The number of fused-ring (bicyclic) bond motifs is 1. The SMILES string of the molecule is NS(=O)(=O)Cc1ccc(NC(=O)Cc2cccc3cccnc23)cc1. The molecule has 0 aliphatic rings. The average Bonchev–Trinajstić information content (AvgIpc) is 2.56. The molecular weight excluding hydrogens is 338 g/mol. The molecule has 2 aromatic carbocycles. The van der Waals surface area contributed by atoms with Crippen LogP contribution in [0.1, 0.15) is 11.1 Å². The van der Waals surface area contributed by atoms with E-state index in [1.165, 1.54) is 0 Å². The highest BCUT2D eigenvalue weighted by Gasteiger charge is 2.09. The number of aromatic nitrogens is 1. The second kappa shape index (κ2) is 7.00. The minimum Gasteiger partial charge on any atom is -0.326 e. The van der Waals surface area contributed by atoms with Crippen LogP contribution in [-0.4, -0.2) is 19.3 Å². The summed E-state index contributed by atoms with van der Waals surface area (Å²) in [6.45, 7) is 0. The van der Waals surface area contributed by atoms with Crippen LogP contribution in [0.25, 0.3) is 10.9 Å². The van der Waals surface area contributed by atoms with Gasteiger partial charge in [0, 0.05) is 17.3 Å². The molecule has 7 heteroatoms. The number of nitrogens with two attached hydrogens (primary N) is 1. The minimum atomic E-state index is -3.57. The number of carbonyl (C=O) groups excluding carboxylic acids is 1. The van der Waals surface area contributed by atoms with E-state index in [4.69, 9.17) is 5.14 Å². The van der Waals surface area contributed by atoms with Gasteiger partial charge in [-0.05, 0) is 29.3 Å². The molecule has 3 N–H and O–H groups in total. The Kier molecular flexibility index (Phi) is 4.78. The van der Waals surface area contributed by atoms with Crippen molar-refractivity contribution in [3.8, 4) is 0 Å². The summed E-state index contributed by atoms with van der Waals surface area (Å²) in [5, 5.41) is 8.80. The zero-order chi connectivity index (χ0) is 17.9. The molecule has 0 spiro atoms. The van der Waals surface area contributed by atoms with Crippen molar-refractivity contribution >= 4 is 32.5 Å². The van der Waals surface area contributed by atoms with Gasteiger partial charge in [0.25, 0.3) is 0 Å². The van der Waals surface area contributed by atoms with E-state index in [9.17, 15) is 13.2 Å². The second-order valence-electron chi connectivity index (χ2n) is 5.72. The summed E-state index contributed by atoms with van der Waals surface area (Å²) in [6, 6.07) is 16.1. The fourth-order valence-electron chi connectivity index (χ4n) is 2.60. The summed E-state index contributed by atoms with van der Waals surface area (Å²) in [5.41, 5.74) is 2.82. The molecule has 0 aliphatic heterocycles. The van der Waals surface area contributed by atoms with Crippen LogP contribution >= 0.6 is 0 Å². The summed E-state index contributed by atoms with van der Waals surface area (Å²) < 4.78 is 22.2. The summed E-state index contributed by atoms with van der Waals surface area (Å²) in [5.74, 6) is -0.402. The first-order valence-corrected chi connectivity index (χ1v) is 9.34. The molecule has 1 amide bonds. The molecule has 0 atom stereocenters. The number of amides is 1. The number of hydrogen-bond donors (Lipinski definition) is 2. The quantitative estimate of drug-likeness (QED) is 0.732. The first-order chi connectivity index (χ1) is 11.9. The van der Waals surface area contributed by atoms with Crippen LogP contribution < -0.4 is 10.5 Å². The standard InChI is InChI=1S/C18H17N3O3S/c19-25(23,24)12-13-6-8-16(9-7-13)21-17(22)11-15-4-1-3-14-5-2-10-20-18(14)15/h1-10H,11-12H2,(H,21,22)(H2,19,23,24). The van der Waals surface area contributed by atoms with Crippen molar-refractivity contribution in [2.75, 3.05) is 5.32 Å². The van der Waals surface area contributed by atoms with Crippen molar-refractivity contribution in [2.24, 2.45) is 5.14 Å². The molecule has 0 saturated heterocycles. The number of benzene rings is 2. The normalized spacial score (nSPS) is 11.4. The van der Waals surface area contributed by atoms with Crippen molar-refractivity contribution < 1.29 is 13.2 Å². The number of pyridine rings is 1. The van der Waals surface area contributed by atoms with E-state index < -0.39 is 10.0 Å². The van der Waals surface area contributed by atoms with Crippen LogP contribution in [0.15, 0.2) is 60.8 Å². The van der Waals surface area contributed by atoms with Crippen molar-refractivity contribution in [3.63, 3.8) is 0 Å². The Morgan fingerprint density at radius 1 is 1.04 bits per heavy atom. The Balaban J connectivity index is 1.70. The first-order valence-electron chi connectivity index (χ1n) is 7.63. The maximum absolute atomic E-state index is 12.3. The maximum atomic E-state index is 12.3. The monoisotopic (exact) mass is 355 g/mol. The zero-order valence-corrected chi connectivity index (χ0v) is 14.2. The average molecular weight is 355 g/mol. The summed E-state index contributed by atoms with van der Waals surface area (Å²) in [4.78, 5) is 16.6. The van der Waals surface area contributed by atoms with Crippen LogP contribution in [0, 0.1) is 0 Å². The molecule has 0 unspecified atom stereocenters. The topological polar surface area (TPSA) is 102 Å². The predicted octanol–water partition coefficient (Wildman–Crippen LogP) is 2.20. The Bertz CT molecular complexity index is 1010. The Morgan fingerprint density at radius 3 is 2.48 bits per heavy atom. The van der Waals surface area contributed by atoms with Gasteiger partial charge in [-0.15, -0.1) is 0 Å². The largest absolute Gasteiger partial charge is 0.326 e. The third kappa shape index (κ3) is 4.62. The molecule has 0 saturated carbocycles. The van der Waals surface area contributed by atoms with E-state index in [0.717, 1.165) is 16.5 Å². The van der Waals surface area contributed by atoms with Gasteiger partial charge >= 0.3 is 0 Å². The Labute approximate surface area is 145 Å².